The van der Waals surface area contributed by atoms with Crippen molar-refractivity contribution >= 4 is 33.0 Å². The lowest BCUT2D eigenvalue weighted by Crippen LogP contribution is -2.51. The van der Waals surface area contributed by atoms with Gasteiger partial charge in [-0.15, -0.1) is 11.6 Å². The number of rotatable bonds is 4. The van der Waals surface area contributed by atoms with Crippen LogP contribution in [0.15, 0.2) is 24.3 Å². The average molecular weight is 386 g/mol. The number of carbonyl (C=O) groups excluding carboxylic acids is 1. The van der Waals surface area contributed by atoms with Crippen LogP contribution in [0.1, 0.15) is 5.56 Å². The lowest BCUT2D eigenvalue weighted by atomic mass is 10.1. The van der Waals surface area contributed by atoms with Crippen molar-refractivity contribution in [1.82, 2.24) is 10.2 Å². The maximum absolute atomic E-state index is 12.2. The minimum Gasteiger partial charge on any atom is -0.369 e. The molecule has 6 nitrogen and oxygen atoms in total. The molecule has 0 bridgehead atoms. The highest BCUT2D eigenvalue weighted by Gasteiger charge is 2.37. The van der Waals surface area contributed by atoms with Crippen LogP contribution < -0.4 is 10.2 Å². The van der Waals surface area contributed by atoms with Crippen molar-refractivity contribution in [3.05, 3.63) is 29.8 Å². The molecule has 2 heterocycles. The van der Waals surface area contributed by atoms with Crippen LogP contribution in [0.5, 0.6) is 0 Å². The van der Waals surface area contributed by atoms with Crippen LogP contribution in [-0.2, 0) is 14.6 Å². The Morgan fingerprint density at radius 3 is 2.48 bits per heavy atom. The molecule has 1 aromatic rings. The van der Waals surface area contributed by atoms with Crippen molar-refractivity contribution in [3.63, 3.8) is 0 Å². The summed E-state index contributed by atoms with van der Waals surface area (Å²) < 4.78 is 23.1. The number of nitrogens with one attached hydrogen (secondary N) is 1. The zero-order valence-electron chi connectivity index (χ0n) is 14.3. The molecule has 2 fully saturated rings. The summed E-state index contributed by atoms with van der Waals surface area (Å²) in [5.41, 5.74) is 2.50. The van der Waals surface area contributed by atoms with Gasteiger partial charge in [-0.05, 0) is 18.6 Å². The standard InChI is InChI=1S/C17H24ClN3O3S/c1-13-4-2-3-5-16(13)21-8-6-20(7-9-21)10-17(22)19-15-12-25(23,24)11-14(15)18/h2-5,14-15H,6-12H2,1H3,(H,19,22)/t14-,15+/m0/s1. The van der Waals surface area contributed by atoms with E-state index in [0.717, 1.165) is 26.2 Å². The van der Waals surface area contributed by atoms with E-state index in [-0.39, 0.29) is 24.0 Å². The van der Waals surface area contributed by atoms with Crippen LogP contribution in [0.4, 0.5) is 5.69 Å². The second kappa shape index (κ2) is 7.51. The van der Waals surface area contributed by atoms with Gasteiger partial charge >= 0.3 is 0 Å². The summed E-state index contributed by atoms with van der Waals surface area (Å²) in [7, 11) is -3.13. The van der Waals surface area contributed by atoms with E-state index in [2.05, 4.69) is 34.2 Å². The van der Waals surface area contributed by atoms with Crippen LogP contribution in [-0.4, -0.2) is 74.9 Å². The van der Waals surface area contributed by atoms with Crippen molar-refractivity contribution in [1.29, 1.82) is 0 Å². The Kier molecular flexibility index (Phi) is 5.55. The molecule has 0 aromatic heterocycles. The fraction of sp³-hybridized carbons (Fsp3) is 0.588. The first-order chi connectivity index (χ1) is 11.8. The number of hydrogen-bond acceptors (Lipinski definition) is 5. The third-order valence-corrected chi connectivity index (χ3v) is 7.20. The predicted octanol–water partition coefficient (Wildman–Crippen LogP) is 0.638. The lowest BCUT2D eigenvalue weighted by molar-refractivity contribution is -0.122. The summed E-state index contributed by atoms with van der Waals surface area (Å²) in [4.78, 5) is 16.6. The summed E-state index contributed by atoms with van der Waals surface area (Å²) >= 11 is 6.04. The highest BCUT2D eigenvalue weighted by Crippen LogP contribution is 2.21. The molecule has 2 aliphatic heterocycles. The number of para-hydroxylation sites is 1. The van der Waals surface area contributed by atoms with E-state index in [4.69, 9.17) is 11.6 Å². The first-order valence-electron chi connectivity index (χ1n) is 8.51. The molecule has 25 heavy (non-hydrogen) atoms. The van der Waals surface area contributed by atoms with Crippen molar-refractivity contribution in [2.75, 3.05) is 49.1 Å². The van der Waals surface area contributed by atoms with E-state index in [9.17, 15) is 13.2 Å². The Morgan fingerprint density at radius 2 is 1.88 bits per heavy atom. The van der Waals surface area contributed by atoms with Crippen molar-refractivity contribution in [2.45, 2.75) is 18.3 Å². The average Bonchev–Trinajstić information content (AvgIpc) is 2.80. The van der Waals surface area contributed by atoms with Gasteiger partial charge in [0.2, 0.25) is 5.91 Å². The Hall–Kier alpha value is -1.31. The summed E-state index contributed by atoms with van der Waals surface area (Å²) in [5, 5.41) is 2.24. The number of aryl methyl sites for hydroxylation is 1. The Labute approximate surface area is 154 Å². The number of nitrogens with zero attached hydrogens (tertiary/aromatic N) is 2. The van der Waals surface area contributed by atoms with Crippen molar-refractivity contribution in [2.24, 2.45) is 0 Å². The fourth-order valence-corrected chi connectivity index (χ4v) is 6.01. The lowest BCUT2D eigenvalue weighted by Gasteiger charge is -2.36. The number of carbonyl (C=O) groups is 1. The van der Waals surface area contributed by atoms with Crippen LogP contribution in [0.25, 0.3) is 0 Å². The molecular formula is C17H24ClN3O3S. The number of anilines is 1. The molecule has 138 valence electrons. The number of sulfone groups is 1. The predicted molar refractivity (Wildman–Crippen MR) is 100 cm³/mol. The van der Waals surface area contributed by atoms with Crippen molar-refractivity contribution < 1.29 is 13.2 Å². The molecule has 8 heteroatoms. The van der Waals surface area contributed by atoms with E-state index in [1.54, 1.807) is 0 Å². The quantitative estimate of drug-likeness (QED) is 0.770. The van der Waals surface area contributed by atoms with E-state index >= 15 is 0 Å². The van der Waals surface area contributed by atoms with Crippen LogP contribution in [0.3, 0.4) is 0 Å². The molecular weight excluding hydrogens is 362 g/mol. The fourth-order valence-electron chi connectivity index (χ4n) is 3.46. The van der Waals surface area contributed by atoms with E-state index in [0.29, 0.717) is 0 Å². The van der Waals surface area contributed by atoms with Gasteiger partial charge in [-0.2, -0.15) is 0 Å². The topological polar surface area (TPSA) is 69.7 Å². The van der Waals surface area contributed by atoms with E-state index in [1.165, 1.54) is 11.3 Å². The molecule has 0 saturated carbocycles. The molecule has 2 atom stereocenters. The number of amides is 1. The minimum absolute atomic E-state index is 0.0609. The van der Waals surface area contributed by atoms with Gasteiger partial charge in [0.15, 0.2) is 9.84 Å². The second-order valence-corrected chi connectivity index (χ2v) is 9.53. The smallest absolute Gasteiger partial charge is 0.234 e. The Balaban J connectivity index is 1.48. The minimum atomic E-state index is -3.13. The molecule has 1 N–H and O–H groups in total. The maximum atomic E-state index is 12.2. The Bertz CT molecular complexity index is 732. The highest BCUT2D eigenvalue weighted by molar-refractivity contribution is 7.91. The molecule has 3 rings (SSSR count). The Morgan fingerprint density at radius 1 is 1.20 bits per heavy atom. The van der Waals surface area contributed by atoms with Gasteiger partial charge in [0.25, 0.3) is 0 Å². The monoisotopic (exact) mass is 385 g/mol. The SMILES string of the molecule is Cc1ccccc1N1CCN(CC(=O)N[C@@H]2CS(=O)(=O)C[C@@H]2Cl)CC1. The van der Waals surface area contributed by atoms with Gasteiger partial charge < -0.3 is 10.2 Å². The zero-order valence-corrected chi connectivity index (χ0v) is 15.9. The largest absolute Gasteiger partial charge is 0.369 e. The van der Waals surface area contributed by atoms with Gasteiger partial charge in [0.1, 0.15) is 0 Å². The summed E-state index contributed by atoms with van der Waals surface area (Å²) in [5.74, 6) is -0.278. The molecule has 0 unspecified atom stereocenters. The summed E-state index contributed by atoms with van der Waals surface area (Å²) in [6, 6.07) is 7.83. The highest BCUT2D eigenvalue weighted by atomic mass is 35.5. The molecule has 0 radical (unpaired) electrons. The normalized spacial score (nSPS) is 26.6. The zero-order chi connectivity index (χ0) is 18.0. The van der Waals surface area contributed by atoms with Crippen LogP contribution in [0.2, 0.25) is 0 Å². The number of piperazine rings is 1. The maximum Gasteiger partial charge on any atom is 0.234 e. The van der Waals surface area contributed by atoms with Gasteiger partial charge in [-0.1, -0.05) is 18.2 Å². The van der Waals surface area contributed by atoms with Gasteiger partial charge in [-0.25, -0.2) is 8.42 Å². The molecule has 2 saturated heterocycles. The second-order valence-electron chi connectivity index (χ2n) is 6.82. The first kappa shape index (κ1) is 18.5. The number of benzene rings is 1. The summed E-state index contributed by atoms with van der Waals surface area (Å²) in [6.45, 7) is 5.72. The van der Waals surface area contributed by atoms with Gasteiger partial charge in [-0.3, -0.25) is 9.69 Å². The molecule has 1 aromatic carbocycles. The number of hydrogen-bond donors (Lipinski definition) is 1. The summed E-state index contributed by atoms with van der Waals surface area (Å²) in [6.07, 6.45) is 0. The van der Waals surface area contributed by atoms with Crippen molar-refractivity contribution in [3.8, 4) is 0 Å². The van der Waals surface area contributed by atoms with Crippen LogP contribution >= 0.6 is 11.6 Å². The molecule has 0 spiro atoms. The van der Waals surface area contributed by atoms with E-state index in [1.807, 2.05) is 12.1 Å². The molecule has 1 amide bonds. The molecule has 2 aliphatic rings. The number of alkyl halides is 1. The number of halogens is 1. The van der Waals surface area contributed by atoms with E-state index < -0.39 is 21.3 Å². The van der Waals surface area contributed by atoms with Crippen LogP contribution in [0, 0.1) is 6.92 Å². The molecule has 0 aliphatic carbocycles. The third-order valence-electron chi connectivity index (χ3n) is 4.83. The first-order valence-corrected chi connectivity index (χ1v) is 10.8. The van der Waals surface area contributed by atoms with Gasteiger partial charge in [0, 0.05) is 31.9 Å². The third kappa shape index (κ3) is 4.65. The van der Waals surface area contributed by atoms with Gasteiger partial charge in [0.05, 0.1) is 29.5 Å².